The Kier molecular flexibility index (Phi) is 5.03. The highest BCUT2D eigenvalue weighted by Crippen LogP contribution is 2.27. The smallest absolute Gasteiger partial charge is 0.244 e. The molecule has 0 bridgehead atoms. The van der Waals surface area contributed by atoms with E-state index in [0.29, 0.717) is 19.6 Å². The van der Waals surface area contributed by atoms with E-state index in [2.05, 4.69) is 15.1 Å². The van der Waals surface area contributed by atoms with Gasteiger partial charge in [0.25, 0.3) is 0 Å². The molecule has 0 spiro atoms. The first-order valence-corrected chi connectivity index (χ1v) is 8.74. The molecule has 1 aliphatic heterocycles. The number of aromatic nitrogens is 2. The molecule has 1 aromatic rings. The standard InChI is InChI=1S/C13H24N4O3S/c1-4-14-6-7-17-10-12(9-15-17)21(18,19)16-13(3)5-8-20-11(13)2/h9-11,14,16H,4-8H2,1-3H3. The first-order valence-electron chi connectivity index (χ1n) is 7.26. The van der Waals surface area contributed by atoms with Crippen molar-refractivity contribution < 1.29 is 13.2 Å². The first kappa shape index (κ1) is 16.4. The summed E-state index contributed by atoms with van der Waals surface area (Å²) in [7, 11) is -3.58. The van der Waals surface area contributed by atoms with Crippen LogP contribution in [0.5, 0.6) is 0 Å². The molecular weight excluding hydrogens is 292 g/mol. The van der Waals surface area contributed by atoms with Gasteiger partial charge in [-0.15, -0.1) is 0 Å². The van der Waals surface area contributed by atoms with Gasteiger partial charge in [0.2, 0.25) is 10.0 Å². The molecule has 0 aliphatic carbocycles. The van der Waals surface area contributed by atoms with Crippen LogP contribution in [0, 0.1) is 0 Å². The lowest BCUT2D eigenvalue weighted by molar-refractivity contribution is 0.0957. The number of hydrogen-bond donors (Lipinski definition) is 2. The number of rotatable bonds is 7. The van der Waals surface area contributed by atoms with Crippen LogP contribution in [-0.2, 0) is 21.3 Å². The van der Waals surface area contributed by atoms with Crippen LogP contribution >= 0.6 is 0 Å². The third kappa shape index (κ3) is 3.82. The molecule has 7 nitrogen and oxygen atoms in total. The van der Waals surface area contributed by atoms with Gasteiger partial charge < -0.3 is 10.1 Å². The van der Waals surface area contributed by atoms with E-state index >= 15 is 0 Å². The Morgan fingerprint density at radius 3 is 2.95 bits per heavy atom. The van der Waals surface area contributed by atoms with Gasteiger partial charge in [0.05, 0.1) is 24.4 Å². The molecule has 8 heteroatoms. The van der Waals surface area contributed by atoms with Crippen molar-refractivity contribution in [3.8, 4) is 0 Å². The summed E-state index contributed by atoms with van der Waals surface area (Å²) in [6.45, 7) is 8.63. The summed E-state index contributed by atoms with van der Waals surface area (Å²) in [6.07, 6.45) is 3.47. The van der Waals surface area contributed by atoms with E-state index in [0.717, 1.165) is 13.1 Å². The minimum absolute atomic E-state index is 0.143. The summed E-state index contributed by atoms with van der Waals surface area (Å²) in [5.74, 6) is 0. The molecule has 2 N–H and O–H groups in total. The highest BCUT2D eigenvalue weighted by Gasteiger charge is 2.40. The van der Waals surface area contributed by atoms with Crippen molar-refractivity contribution in [2.24, 2.45) is 0 Å². The number of hydrogen-bond acceptors (Lipinski definition) is 5. The molecule has 1 aromatic heterocycles. The highest BCUT2D eigenvalue weighted by atomic mass is 32.2. The maximum Gasteiger partial charge on any atom is 0.244 e. The van der Waals surface area contributed by atoms with Gasteiger partial charge in [-0.05, 0) is 26.8 Å². The second-order valence-electron chi connectivity index (χ2n) is 5.58. The second kappa shape index (κ2) is 6.43. The van der Waals surface area contributed by atoms with Crippen molar-refractivity contribution in [2.75, 3.05) is 19.7 Å². The Morgan fingerprint density at radius 2 is 2.33 bits per heavy atom. The van der Waals surface area contributed by atoms with Crippen molar-refractivity contribution in [3.63, 3.8) is 0 Å². The maximum absolute atomic E-state index is 12.4. The number of likely N-dealkylation sites (N-methyl/N-ethyl adjacent to an activating group) is 1. The van der Waals surface area contributed by atoms with Crippen LogP contribution in [-0.4, -0.2) is 49.5 Å². The van der Waals surface area contributed by atoms with Crippen LogP contribution in [0.25, 0.3) is 0 Å². The van der Waals surface area contributed by atoms with Crippen molar-refractivity contribution in [3.05, 3.63) is 12.4 Å². The largest absolute Gasteiger partial charge is 0.376 e. The van der Waals surface area contributed by atoms with E-state index < -0.39 is 15.6 Å². The predicted molar refractivity (Wildman–Crippen MR) is 79.5 cm³/mol. The molecule has 2 heterocycles. The van der Waals surface area contributed by atoms with E-state index in [4.69, 9.17) is 4.74 Å². The van der Waals surface area contributed by atoms with Crippen LogP contribution in [0.15, 0.2) is 17.3 Å². The topological polar surface area (TPSA) is 85.2 Å². The van der Waals surface area contributed by atoms with Crippen molar-refractivity contribution in [1.82, 2.24) is 19.8 Å². The maximum atomic E-state index is 12.4. The molecular formula is C13H24N4O3S. The van der Waals surface area contributed by atoms with Crippen LogP contribution in [0.4, 0.5) is 0 Å². The lowest BCUT2D eigenvalue weighted by Gasteiger charge is -2.28. The fraction of sp³-hybridized carbons (Fsp3) is 0.769. The van der Waals surface area contributed by atoms with Crippen molar-refractivity contribution >= 4 is 10.0 Å². The van der Waals surface area contributed by atoms with Crippen molar-refractivity contribution in [1.29, 1.82) is 0 Å². The van der Waals surface area contributed by atoms with Crippen LogP contribution < -0.4 is 10.0 Å². The Bertz CT molecular complexity index is 572. The second-order valence-corrected chi connectivity index (χ2v) is 7.26. The average molecular weight is 316 g/mol. The quantitative estimate of drug-likeness (QED) is 0.709. The first-order chi connectivity index (χ1) is 9.87. The van der Waals surface area contributed by atoms with Crippen molar-refractivity contribution in [2.45, 2.75) is 50.3 Å². The van der Waals surface area contributed by atoms with E-state index in [1.165, 1.54) is 6.20 Å². The van der Waals surface area contributed by atoms with E-state index in [1.807, 2.05) is 20.8 Å². The van der Waals surface area contributed by atoms with Crippen LogP contribution in [0.3, 0.4) is 0 Å². The lowest BCUT2D eigenvalue weighted by atomic mass is 9.97. The third-order valence-electron chi connectivity index (χ3n) is 3.94. The minimum atomic E-state index is -3.58. The van der Waals surface area contributed by atoms with E-state index in [9.17, 15) is 8.42 Å². The normalized spacial score (nSPS) is 26.3. The fourth-order valence-corrected chi connectivity index (χ4v) is 3.76. The molecule has 0 saturated carbocycles. The summed E-state index contributed by atoms with van der Waals surface area (Å²) >= 11 is 0. The molecule has 2 unspecified atom stereocenters. The molecule has 21 heavy (non-hydrogen) atoms. The van der Waals surface area contributed by atoms with Gasteiger partial charge in [0.1, 0.15) is 4.90 Å². The SMILES string of the molecule is CCNCCn1cc(S(=O)(=O)NC2(C)CCOC2C)cn1. The highest BCUT2D eigenvalue weighted by molar-refractivity contribution is 7.89. The molecule has 2 rings (SSSR count). The summed E-state index contributed by atoms with van der Waals surface area (Å²) < 4.78 is 34.7. The Morgan fingerprint density at radius 1 is 1.57 bits per heavy atom. The number of nitrogens with zero attached hydrogens (tertiary/aromatic N) is 2. The molecule has 1 fully saturated rings. The minimum Gasteiger partial charge on any atom is -0.376 e. The zero-order valence-corrected chi connectivity index (χ0v) is 13.6. The Balaban J connectivity index is 2.06. The third-order valence-corrected chi connectivity index (χ3v) is 5.51. The zero-order chi connectivity index (χ0) is 15.5. The van der Waals surface area contributed by atoms with Gasteiger partial charge in [0, 0.05) is 19.3 Å². The van der Waals surface area contributed by atoms with Gasteiger partial charge in [-0.3, -0.25) is 4.68 Å². The summed E-state index contributed by atoms with van der Waals surface area (Å²) in [6, 6.07) is 0. The average Bonchev–Trinajstić information content (AvgIpc) is 2.98. The van der Waals surface area contributed by atoms with E-state index in [1.54, 1.807) is 10.9 Å². The molecule has 0 aromatic carbocycles. The summed E-state index contributed by atoms with van der Waals surface area (Å²) in [5, 5.41) is 7.27. The number of ether oxygens (including phenoxy) is 1. The molecule has 2 atom stereocenters. The van der Waals surface area contributed by atoms with Gasteiger partial charge in [-0.2, -0.15) is 5.10 Å². The monoisotopic (exact) mass is 316 g/mol. The van der Waals surface area contributed by atoms with Gasteiger partial charge in [0.15, 0.2) is 0 Å². The molecule has 1 saturated heterocycles. The lowest BCUT2D eigenvalue weighted by Crippen LogP contribution is -2.50. The van der Waals surface area contributed by atoms with E-state index in [-0.39, 0.29) is 11.0 Å². The molecule has 0 amide bonds. The fourth-order valence-electron chi connectivity index (χ4n) is 2.31. The van der Waals surface area contributed by atoms with Gasteiger partial charge in [-0.25, -0.2) is 13.1 Å². The van der Waals surface area contributed by atoms with Crippen LogP contribution in [0.1, 0.15) is 27.2 Å². The Hall–Kier alpha value is -0.960. The molecule has 0 radical (unpaired) electrons. The number of nitrogens with one attached hydrogen (secondary N) is 2. The zero-order valence-electron chi connectivity index (χ0n) is 12.8. The summed E-state index contributed by atoms with van der Waals surface area (Å²) in [5.41, 5.74) is -0.565. The molecule has 1 aliphatic rings. The van der Waals surface area contributed by atoms with Crippen LogP contribution in [0.2, 0.25) is 0 Å². The predicted octanol–water partition coefficient (Wildman–Crippen LogP) is 0.338. The summed E-state index contributed by atoms with van der Waals surface area (Å²) in [4.78, 5) is 0.194. The number of sulfonamides is 1. The van der Waals surface area contributed by atoms with Gasteiger partial charge >= 0.3 is 0 Å². The Labute approximate surface area is 126 Å². The molecule has 120 valence electrons. The van der Waals surface area contributed by atoms with Gasteiger partial charge in [-0.1, -0.05) is 6.92 Å².